The maximum Gasteiger partial charge on any atom is 0.434 e. The molecule has 2 rings (SSSR count). The molecule has 1 heterocycles. The van der Waals surface area contributed by atoms with Crippen LogP contribution >= 0.6 is 35.3 Å². The van der Waals surface area contributed by atoms with Crippen LogP contribution in [0.2, 0.25) is 0 Å². The molecule has 0 saturated heterocycles. The van der Waals surface area contributed by atoms with Gasteiger partial charge in [-0.3, -0.25) is 0 Å². The lowest BCUT2D eigenvalue weighted by molar-refractivity contribution is -0.140. The van der Waals surface area contributed by atoms with Crippen LogP contribution in [-0.2, 0) is 23.9 Å². The first-order valence-electron chi connectivity index (χ1n) is 9.13. The van der Waals surface area contributed by atoms with E-state index in [0.717, 1.165) is 22.3 Å². The van der Waals surface area contributed by atoms with Crippen LogP contribution in [0.1, 0.15) is 40.5 Å². The second-order valence-corrected chi connectivity index (χ2v) is 6.86. The number of hydrogen-bond donors (Lipinski definition) is 2. The fourth-order valence-electron chi connectivity index (χ4n) is 2.32. The largest absolute Gasteiger partial charge is 0.462 e. The van der Waals surface area contributed by atoms with Gasteiger partial charge in [-0.25, -0.2) is 14.8 Å². The van der Waals surface area contributed by atoms with Crippen molar-refractivity contribution in [2.24, 2.45) is 4.99 Å². The number of ether oxygens (including phenoxy) is 1. The topological polar surface area (TPSA) is 75.6 Å². The highest BCUT2D eigenvalue weighted by molar-refractivity contribution is 14.0. The number of benzene rings is 1. The predicted octanol–water partition coefficient (Wildman–Crippen LogP) is 4.25. The van der Waals surface area contributed by atoms with Gasteiger partial charge in [-0.05, 0) is 31.5 Å². The predicted molar refractivity (Wildman–Crippen MR) is 121 cm³/mol. The molecule has 0 radical (unpaired) electrons. The van der Waals surface area contributed by atoms with Crippen LogP contribution < -0.4 is 10.6 Å². The number of nitrogens with zero attached hydrogens (tertiary/aromatic N) is 2. The molecule has 2 N–H and O–H groups in total. The zero-order chi connectivity index (χ0) is 21.3. The number of thiazole rings is 1. The van der Waals surface area contributed by atoms with Gasteiger partial charge in [-0.2, -0.15) is 13.2 Å². The number of aromatic nitrogens is 1. The van der Waals surface area contributed by atoms with Crippen LogP contribution in [0.4, 0.5) is 13.2 Å². The van der Waals surface area contributed by atoms with Crippen LogP contribution in [-0.4, -0.2) is 36.6 Å². The van der Waals surface area contributed by atoms with Crippen molar-refractivity contribution in [1.29, 1.82) is 0 Å². The van der Waals surface area contributed by atoms with Crippen molar-refractivity contribution in [3.05, 3.63) is 51.5 Å². The first kappa shape index (κ1) is 26.1. The molecule has 1 aromatic heterocycles. The number of nitrogens with one attached hydrogen (secondary N) is 2. The van der Waals surface area contributed by atoms with Gasteiger partial charge in [0.25, 0.3) is 0 Å². The summed E-state index contributed by atoms with van der Waals surface area (Å²) in [6, 6.07) is 6.97. The van der Waals surface area contributed by atoms with E-state index in [1.54, 1.807) is 31.2 Å². The molecule has 1 aromatic carbocycles. The van der Waals surface area contributed by atoms with Crippen molar-refractivity contribution < 1.29 is 22.7 Å². The monoisotopic (exact) mass is 556 g/mol. The quantitative estimate of drug-likeness (QED) is 0.220. The number of rotatable bonds is 8. The third-order valence-corrected chi connectivity index (χ3v) is 4.61. The summed E-state index contributed by atoms with van der Waals surface area (Å²) in [6.45, 7) is 5.42. The van der Waals surface area contributed by atoms with E-state index in [1.807, 2.05) is 6.92 Å². The summed E-state index contributed by atoms with van der Waals surface area (Å²) in [7, 11) is 0. The Balaban J connectivity index is 0.00000450. The van der Waals surface area contributed by atoms with Crippen LogP contribution in [0.3, 0.4) is 0 Å². The molecule has 0 aliphatic carbocycles. The minimum atomic E-state index is -4.42. The molecule has 30 heavy (non-hydrogen) atoms. The van der Waals surface area contributed by atoms with Gasteiger partial charge >= 0.3 is 12.1 Å². The van der Waals surface area contributed by atoms with Gasteiger partial charge in [-0.1, -0.05) is 12.1 Å². The Morgan fingerprint density at radius 1 is 1.20 bits per heavy atom. The molecule has 0 aliphatic heterocycles. The van der Waals surface area contributed by atoms with Crippen LogP contribution in [0, 0.1) is 0 Å². The molecule has 0 fully saturated rings. The highest BCUT2D eigenvalue weighted by atomic mass is 127. The Morgan fingerprint density at radius 3 is 2.47 bits per heavy atom. The second kappa shape index (κ2) is 12.7. The number of aliphatic imine (C=N–C) groups is 1. The number of guanidine groups is 1. The van der Waals surface area contributed by atoms with E-state index in [-0.39, 0.29) is 29.9 Å². The molecule has 0 bridgehead atoms. The average Bonchev–Trinajstić information content (AvgIpc) is 3.16. The Labute approximate surface area is 194 Å². The minimum Gasteiger partial charge on any atom is -0.462 e. The van der Waals surface area contributed by atoms with E-state index in [2.05, 4.69) is 20.6 Å². The summed E-state index contributed by atoms with van der Waals surface area (Å²) in [5.41, 5.74) is 0.528. The zero-order valence-electron chi connectivity index (χ0n) is 16.6. The highest BCUT2D eigenvalue weighted by Gasteiger charge is 2.33. The van der Waals surface area contributed by atoms with Crippen LogP contribution in [0.15, 0.2) is 34.6 Å². The van der Waals surface area contributed by atoms with Crippen molar-refractivity contribution in [2.45, 2.75) is 33.0 Å². The van der Waals surface area contributed by atoms with E-state index >= 15 is 0 Å². The summed E-state index contributed by atoms with van der Waals surface area (Å²) in [5.74, 6) is 0.183. The lowest BCUT2D eigenvalue weighted by Crippen LogP contribution is -2.38. The van der Waals surface area contributed by atoms with Crippen molar-refractivity contribution in [1.82, 2.24) is 15.6 Å². The summed E-state index contributed by atoms with van der Waals surface area (Å²) < 4.78 is 42.7. The lowest BCUT2D eigenvalue weighted by atomic mass is 10.1. The normalized spacial score (nSPS) is 11.6. The van der Waals surface area contributed by atoms with Crippen molar-refractivity contribution in [3.8, 4) is 0 Å². The smallest absolute Gasteiger partial charge is 0.434 e. The third kappa shape index (κ3) is 8.46. The summed E-state index contributed by atoms with van der Waals surface area (Å²) in [6.07, 6.45) is -4.05. The van der Waals surface area contributed by atoms with Gasteiger partial charge in [0.2, 0.25) is 0 Å². The molecule has 0 saturated carbocycles. The third-order valence-electron chi connectivity index (χ3n) is 3.70. The van der Waals surface area contributed by atoms with E-state index in [0.29, 0.717) is 49.2 Å². The number of esters is 1. The molecular formula is C19H24F3IN4O2S. The molecule has 0 unspecified atom stereocenters. The van der Waals surface area contributed by atoms with Gasteiger partial charge < -0.3 is 15.4 Å². The van der Waals surface area contributed by atoms with E-state index in [4.69, 9.17) is 4.74 Å². The Bertz CT molecular complexity index is 826. The summed E-state index contributed by atoms with van der Waals surface area (Å²) >= 11 is 0.990. The molecule has 11 heteroatoms. The number of alkyl halides is 3. The second-order valence-electron chi connectivity index (χ2n) is 5.91. The molecule has 166 valence electrons. The maximum atomic E-state index is 12.6. The maximum absolute atomic E-state index is 12.6. The first-order chi connectivity index (χ1) is 13.8. The molecular weight excluding hydrogens is 532 g/mol. The number of halogens is 4. The SMILES string of the molecule is CCNC(=NCc1ccc(C(=O)OCC)cc1)NCCc1nc(C(F)(F)F)cs1.I. The molecule has 0 aliphatic rings. The number of carbonyl (C=O) groups is 1. The fourth-order valence-corrected chi connectivity index (χ4v) is 3.12. The van der Waals surface area contributed by atoms with Gasteiger partial charge in [0.15, 0.2) is 11.7 Å². The van der Waals surface area contributed by atoms with E-state index < -0.39 is 11.9 Å². The van der Waals surface area contributed by atoms with Crippen LogP contribution in [0.25, 0.3) is 0 Å². The van der Waals surface area contributed by atoms with Gasteiger partial charge in [-0.15, -0.1) is 35.3 Å². The van der Waals surface area contributed by atoms with Crippen LogP contribution in [0.5, 0.6) is 0 Å². The summed E-state index contributed by atoms with van der Waals surface area (Å²) in [5, 5.41) is 7.60. The van der Waals surface area contributed by atoms with Gasteiger partial charge in [0.1, 0.15) is 0 Å². The lowest BCUT2D eigenvalue weighted by Gasteiger charge is -2.11. The molecule has 2 aromatic rings. The number of hydrogen-bond acceptors (Lipinski definition) is 5. The molecule has 6 nitrogen and oxygen atoms in total. The van der Waals surface area contributed by atoms with Crippen molar-refractivity contribution in [2.75, 3.05) is 19.7 Å². The van der Waals surface area contributed by atoms with E-state index in [9.17, 15) is 18.0 Å². The average molecular weight is 556 g/mol. The zero-order valence-corrected chi connectivity index (χ0v) is 19.7. The molecule has 0 atom stereocenters. The highest BCUT2D eigenvalue weighted by Crippen LogP contribution is 2.29. The molecule has 0 amide bonds. The van der Waals surface area contributed by atoms with Gasteiger partial charge in [0, 0.05) is 24.9 Å². The van der Waals surface area contributed by atoms with Crippen molar-refractivity contribution >= 4 is 47.2 Å². The van der Waals surface area contributed by atoms with Crippen molar-refractivity contribution in [3.63, 3.8) is 0 Å². The number of carbonyl (C=O) groups excluding carboxylic acids is 1. The fraction of sp³-hybridized carbons (Fsp3) is 0.421. The standard InChI is InChI=1S/C19H23F3N4O2S.HI/c1-3-23-18(24-10-9-16-26-15(12-29-16)19(20,21)22)25-11-13-5-7-14(8-6-13)17(27)28-4-2;/h5-8,12H,3-4,9-11H2,1-2H3,(H2,23,24,25);1H. The Hall–Kier alpha value is -1.89. The van der Waals surface area contributed by atoms with E-state index in [1.165, 1.54) is 0 Å². The molecule has 0 spiro atoms. The Kier molecular flexibility index (Phi) is 11.1. The van der Waals surface area contributed by atoms with Gasteiger partial charge in [0.05, 0.1) is 23.7 Å². The minimum absolute atomic E-state index is 0. The Morgan fingerprint density at radius 2 is 1.90 bits per heavy atom. The first-order valence-corrected chi connectivity index (χ1v) is 10.0. The summed E-state index contributed by atoms with van der Waals surface area (Å²) in [4.78, 5) is 19.7.